The molecule has 0 spiro atoms. The Hall–Kier alpha value is -3.02. The molecule has 0 heterocycles. The largest absolute Gasteiger partial charge is 0.492 e. The van der Waals surface area contributed by atoms with Crippen LogP contribution in [0.3, 0.4) is 0 Å². The zero-order valence-electron chi connectivity index (χ0n) is 15.7. The molecule has 6 nitrogen and oxygen atoms in total. The summed E-state index contributed by atoms with van der Waals surface area (Å²) in [6.45, 7) is 2.85. The van der Waals surface area contributed by atoms with Gasteiger partial charge in [0.15, 0.2) is 0 Å². The summed E-state index contributed by atoms with van der Waals surface area (Å²) in [6, 6.07) is 14.4. The van der Waals surface area contributed by atoms with Gasteiger partial charge in [-0.25, -0.2) is 4.79 Å². The molecule has 3 amide bonds. The number of anilines is 1. The highest BCUT2D eigenvalue weighted by atomic mass is 16.5. The molecule has 0 saturated carbocycles. The van der Waals surface area contributed by atoms with Crippen molar-refractivity contribution in [2.75, 3.05) is 39.6 Å². The number of likely N-dealkylation sites (N-methyl/N-ethyl adjacent to an activating group) is 1. The second-order valence-corrected chi connectivity index (χ2v) is 6.29. The van der Waals surface area contributed by atoms with Gasteiger partial charge in [-0.15, -0.1) is 0 Å². The van der Waals surface area contributed by atoms with Crippen LogP contribution in [0.2, 0.25) is 0 Å². The molecule has 26 heavy (non-hydrogen) atoms. The minimum absolute atomic E-state index is 0.110. The van der Waals surface area contributed by atoms with Crippen LogP contribution in [0, 0.1) is 6.92 Å². The van der Waals surface area contributed by atoms with Crippen LogP contribution in [0.4, 0.5) is 10.5 Å². The summed E-state index contributed by atoms with van der Waals surface area (Å²) in [7, 11) is 5.08. The van der Waals surface area contributed by atoms with Gasteiger partial charge in [-0.2, -0.15) is 0 Å². The lowest BCUT2D eigenvalue weighted by molar-refractivity contribution is 0.0827. The number of ether oxygens (including phenoxy) is 1. The van der Waals surface area contributed by atoms with Gasteiger partial charge in [0.05, 0.1) is 6.54 Å². The maximum Gasteiger partial charge on any atom is 0.321 e. The number of carbonyl (C=O) groups excluding carboxylic acids is 2. The molecular weight excluding hydrogens is 330 g/mol. The molecule has 0 aromatic heterocycles. The molecule has 0 aliphatic heterocycles. The number of urea groups is 1. The first-order valence-corrected chi connectivity index (χ1v) is 8.40. The number of benzene rings is 2. The number of carbonyl (C=O) groups is 2. The Bertz CT molecular complexity index is 757. The van der Waals surface area contributed by atoms with Crippen LogP contribution in [0.5, 0.6) is 5.75 Å². The van der Waals surface area contributed by atoms with E-state index in [4.69, 9.17) is 4.74 Å². The summed E-state index contributed by atoms with van der Waals surface area (Å²) in [5.74, 6) is 0.667. The van der Waals surface area contributed by atoms with Crippen LogP contribution >= 0.6 is 0 Å². The van der Waals surface area contributed by atoms with Crippen molar-refractivity contribution in [2.45, 2.75) is 6.92 Å². The topological polar surface area (TPSA) is 61.9 Å². The highest BCUT2D eigenvalue weighted by Crippen LogP contribution is 2.13. The summed E-state index contributed by atoms with van der Waals surface area (Å²) in [4.78, 5) is 27.3. The smallest absolute Gasteiger partial charge is 0.321 e. The Kier molecular flexibility index (Phi) is 6.60. The summed E-state index contributed by atoms with van der Waals surface area (Å²) in [5.41, 5.74) is 2.27. The summed E-state index contributed by atoms with van der Waals surface area (Å²) in [5, 5.41) is 2.79. The van der Waals surface area contributed by atoms with Crippen LogP contribution in [0.25, 0.3) is 0 Å². The Labute approximate surface area is 154 Å². The van der Waals surface area contributed by atoms with Gasteiger partial charge in [-0.1, -0.05) is 23.8 Å². The van der Waals surface area contributed by atoms with Gasteiger partial charge in [-0.05, 0) is 37.3 Å². The standard InChI is InChI=1S/C20H25N3O3/c1-15-8-10-18(11-9-15)26-13-12-23(4)20(25)21-17-7-5-6-16(14-17)19(24)22(2)3/h5-11,14H,12-13H2,1-4H3,(H,21,25). The summed E-state index contributed by atoms with van der Waals surface area (Å²) >= 11 is 0. The van der Waals surface area contributed by atoms with Crippen LogP contribution in [0.15, 0.2) is 48.5 Å². The monoisotopic (exact) mass is 355 g/mol. The molecular formula is C20H25N3O3. The first-order valence-electron chi connectivity index (χ1n) is 8.40. The van der Waals surface area contributed by atoms with Crippen LogP contribution in [-0.2, 0) is 0 Å². The fourth-order valence-corrected chi connectivity index (χ4v) is 2.24. The van der Waals surface area contributed by atoms with E-state index >= 15 is 0 Å². The first kappa shape index (κ1) is 19.3. The lowest BCUT2D eigenvalue weighted by Crippen LogP contribution is -2.34. The SMILES string of the molecule is Cc1ccc(OCCN(C)C(=O)Nc2cccc(C(=O)N(C)C)c2)cc1. The zero-order chi connectivity index (χ0) is 19.1. The first-order chi connectivity index (χ1) is 12.4. The lowest BCUT2D eigenvalue weighted by atomic mass is 10.2. The van der Waals surface area contributed by atoms with Crippen LogP contribution < -0.4 is 10.1 Å². The Morgan fingerprint density at radius 3 is 2.38 bits per heavy atom. The molecule has 6 heteroatoms. The van der Waals surface area contributed by atoms with Crippen molar-refractivity contribution in [3.05, 3.63) is 59.7 Å². The Balaban J connectivity index is 1.85. The van der Waals surface area contributed by atoms with Crippen molar-refractivity contribution in [2.24, 2.45) is 0 Å². The molecule has 138 valence electrons. The van der Waals surface area contributed by atoms with Crippen molar-refractivity contribution >= 4 is 17.6 Å². The molecule has 0 atom stereocenters. The molecule has 0 fully saturated rings. The van der Waals surface area contributed by atoms with Gasteiger partial charge in [0.25, 0.3) is 5.91 Å². The van der Waals surface area contributed by atoms with Gasteiger partial charge in [0, 0.05) is 32.4 Å². The van der Waals surface area contributed by atoms with E-state index in [1.165, 1.54) is 15.4 Å². The van der Waals surface area contributed by atoms with Crippen LogP contribution in [0.1, 0.15) is 15.9 Å². The number of nitrogens with one attached hydrogen (secondary N) is 1. The third-order valence-corrected chi connectivity index (χ3v) is 3.83. The van der Waals surface area contributed by atoms with Gasteiger partial charge < -0.3 is 19.9 Å². The fourth-order valence-electron chi connectivity index (χ4n) is 2.24. The van der Waals surface area contributed by atoms with E-state index in [-0.39, 0.29) is 11.9 Å². The highest BCUT2D eigenvalue weighted by Gasteiger charge is 2.12. The van der Waals surface area contributed by atoms with Gasteiger partial charge >= 0.3 is 6.03 Å². The molecule has 2 rings (SSSR count). The minimum Gasteiger partial charge on any atom is -0.492 e. The normalized spacial score (nSPS) is 10.2. The van der Waals surface area contributed by atoms with Crippen molar-refractivity contribution in [1.82, 2.24) is 9.80 Å². The van der Waals surface area contributed by atoms with Crippen molar-refractivity contribution in [3.63, 3.8) is 0 Å². The summed E-state index contributed by atoms with van der Waals surface area (Å²) in [6.07, 6.45) is 0. The number of rotatable bonds is 6. The van der Waals surface area contributed by atoms with E-state index in [1.807, 2.05) is 31.2 Å². The minimum atomic E-state index is -0.257. The van der Waals surface area contributed by atoms with Gasteiger partial charge in [0.1, 0.15) is 12.4 Å². The van der Waals surface area contributed by atoms with Crippen molar-refractivity contribution in [3.8, 4) is 5.75 Å². The molecule has 2 aromatic carbocycles. The number of aryl methyl sites for hydroxylation is 1. The zero-order valence-corrected chi connectivity index (χ0v) is 15.7. The molecule has 0 aliphatic carbocycles. The predicted molar refractivity (Wildman–Crippen MR) is 103 cm³/mol. The number of hydrogen-bond donors (Lipinski definition) is 1. The van der Waals surface area contributed by atoms with E-state index in [0.717, 1.165) is 5.75 Å². The maximum atomic E-state index is 12.3. The third kappa shape index (κ3) is 5.51. The highest BCUT2D eigenvalue weighted by molar-refractivity contribution is 5.96. The summed E-state index contributed by atoms with van der Waals surface area (Å²) < 4.78 is 5.64. The van der Waals surface area contributed by atoms with Crippen molar-refractivity contribution < 1.29 is 14.3 Å². The average Bonchev–Trinajstić information content (AvgIpc) is 2.62. The Morgan fingerprint density at radius 2 is 1.73 bits per heavy atom. The number of hydrogen-bond acceptors (Lipinski definition) is 3. The lowest BCUT2D eigenvalue weighted by Gasteiger charge is -2.19. The van der Waals surface area contributed by atoms with Crippen LogP contribution in [-0.4, -0.2) is 56.0 Å². The average molecular weight is 355 g/mol. The van der Waals surface area contributed by atoms with E-state index in [0.29, 0.717) is 24.4 Å². The molecule has 0 bridgehead atoms. The number of amides is 3. The van der Waals surface area contributed by atoms with E-state index in [9.17, 15) is 9.59 Å². The van der Waals surface area contributed by atoms with E-state index in [1.54, 1.807) is 45.4 Å². The van der Waals surface area contributed by atoms with E-state index < -0.39 is 0 Å². The van der Waals surface area contributed by atoms with Crippen molar-refractivity contribution in [1.29, 1.82) is 0 Å². The molecule has 0 saturated heterocycles. The predicted octanol–water partition coefficient (Wildman–Crippen LogP) is 3.24. The third-order valence-electron chi connectivity index (χ3n) is 3.83. The second-order valence-electron chi connectivity index (χ2n) is 6.29. The second kappa shape index (κ2) is 8.89. The molecule has 1 N–H and O–H groups in total. The quantitative estimate of drug-likeness (QED) is 0.865. The molecule has 2 aromatic rings. The molecule has 0 unspecified atom stereocenters. The van der Waals surface area contributed by atoms with E-state index in [2.05, 4.69) is 5.32 Å². The Morgan fingerprint density at radius 1 is 1.04 bits per heavy atom. The molecule has 0 aliphatic rings. The maximum absolute atomic E-state index is 12.3. The number of nitrogens with zero attached hydrogens (tertiary/aromatic N) is 2. The van der Waals surface area contributed by atoms with Gasteiger partial charge in [0.2, 0.25) is 0 Å². The molecule has 0 radical (unpaired) electrons. The fraction of sp³-hybridized carbons (Fsp3) is 0.300. The van der Waals surface area contributed by atoms with Gasteiger partial charge in [-0.3, -0.25) is 4.79 Å².